The molecule has 0 aliphatic carbocycles. The number of hydrogen-bond acceptors (Lipinski definition) is 2. The first-order valence-corrected chi connectivity index (χ1v) is 5.66. The molecule has 0 aliphatic heterocycles. The molecule has 3 heteroatoms. The van der Waals surface area contributed by atoms with E-state index in [1.807, 2.05) is 29.6 Å². The fraction of sp³-hybridized carbons (Fsp3) is 0.182. The lowest BCUT2D eigenvalue weighted by Crippen LogP contribution is -2.09. The van der Waals surface area contributed by atoms with Gasteiger partial charge in [0.25, 0.3) is 0 Å². The molecule has 1 nitrogen and oxygen atoms in total. The van der Waals surface area contributed by atoms with Crippen molar-refractivity contribution in [1.82, 2.24) is 0 Å². The molecular weight excluding hydrogens is 216 g/mol. The number of benzene rings is 1. The summed E-state index contributed by atoms with van der Waals surface area (Å²) in [6, 6.07) is 7.87. The molecule has 0 bridgehead atoms. The van der Waals surface area contributed by atoms with E-state index in [4.69, 9.17) is 11.6 Å². The lowest BCUT2D eigenvalue weighted by molar-refractivity contribution is 0.0993. The summed E-state index contributed by atoms with van der Waals surface area (Å²) in [6.07, 6.45) is 0. The van der Waals surface area contributed by atoms with E-state index in [9.17, 15) is 4.79 Å². The standard InChI is InChI=1S/C11H9ClOS/c1-7(12)11(13)9-6-14-10-5-3-2-4-8(9)10/h2-7H,1H3. The summed E-state index contributed by atoms with van der Waals surface area (Å²) in [6.45, 7) is 1.70. The zero-order valence-corrected chi connectivity index (χ0v) is 9.23. The molecule has 0 N–H and O–H groups in total. The Morgan fingerprint density at radius 3 is 2.86 bits per heavy atom. The average molecular weight is 225 g/mol. The van der Waals surface area contributed by atoms with Crippen LogP contribution < -0.4 is 0 Å². The molecule has 0 aliphatic rings. The van der Waals surface area contributed by atoms with Crippen molar-refractivity contribution in [1.29, 1.82) is 0 Å². The molecule has 2 aromatic rings. The quantitative estimate of drug-likeness (QED) is 0.562. The summed E-state index contributed by atoms with van der Waals surface area (Å²) in [4.78, 5) is 11.7. The van der Waals surface area contributed by atoms with Crippen LogP contribution in [0, 0.1) is 0 Å². The molecule has 0 amide bonds. The minimum absolute atomic E-state index is 0.00381. The molecule has 1 aromatic heterocycles. The van der Waals surface area contributed by atoms with Gasteiger partial charge in [0.1, 0.15) is 0 Å². The van der Waals surface area contributed by atoms with Gasteiger partial charge in [-0.15, -0.1) is 22.9 Å². The zero-order chi connectivity index (χ0) is 10.1. The first-order chi connectivity index (χ1) is 6.70. The number of halogens is 1. The van der Waals surface area contributed by atoms with E-state index in [-0.39, 0.29) is 5.78 Å². The molecule has 0 spiro atoms. The smallest absolute Gasteiger partial charge is 0.181 e. The van der Waals surface area contributed by atoms with Crippen LogP contribution in [0.4, 0.5) is 0 Å². The average Bonchev–Trinajstić information content (AvgIpc) is 2.60. The Labute approximate surface area is 91.3 Å². The molecule has 0 fully saturated rings. The first kappa shape index (κ1) is 9.69. The van der Waals surface area contributed by atoms with Gasteiger partial charge in [-0.2, -0.15) is 0 Å². The summed E-state index contributed by atoms with van der Waals surface area (Å²) in [5, 5.41) is 2.44. The van der Waals surface area contributed by atoms with E-state index < -0.39 is 5.38 Å². The van der Waals surface area contributed by atoms with E-state index >= 15 is 0 Å². The number of thiophene rings is 1. The Balaban J connectivity index is 2.58. The fourth-order valence-corrected chi connectivity index (χ4v) is 2.45. The number of carbonyl (C=O) groups excluding carboxylic acids is 1. The highest BCUT2D eigenvalue weighted by molar-refractivity contribution is 7.17. The van der Waals surface area contributed by atoms with Crippen LogP contribution in [0.15, 0.2) is 29.6 Å². The minimum Gasteiger partial charge on any atom is -0.292 e. The number of carbonyl (C=O) groups is 1. The summed E-state index contributed by atoms with van der Waals surface area (Å²) in [7, 11) is 0. The lowest BCUT2D eigenvalue weighted by atomic mass is 10.1. The molecular formula is C11H9ClOS. The minimum atomic E-state index is -0.451. The largest absolute Gasteiger partial charge is 0.292 e. The highest BCUT2D eigenvalue weighted by Crippen LogP contribution is 2.27. The van der Waals surface area contributed by atoms with Crippen LogP contribution in [0.5, 0.6) is 0 Å². The van der Waals surface area contributed by atoms with Gasteiger partial charge in [0.15, 0.2) is 5.78 Å². The van der Waals surface area contributed by atoms with Gasteiger partial charge in [-0.05, 0) is 13.0 Å². The van der Waals surface area contributed by atoms with Crippen molar-refractivity contribution in [3.63, 3.8) is 0 Å². The first-order valence-electron chi connectivity index (χ1n) is 4.34. The van der Waals surface area contributed by atoms with Gasteiger partial charge in [0.05, 0.1) is 5.38 Å². The van der Waals surface area contributed by atoms with Crippen LogP contribution in [0.3, 0.4) is 0 Å². The third-order valence-corrected chi connectivity index (χ3v) is 3.27. The Kier molecular flexibility index (Phi) is 2.57. The second kappa shape index (κ2) is 3.71. The maximum Gasteiger partial charge on any atom is 0.181 e. The van der Waals surface area contributed by atoms with Crippen molar-refractivity contribution in [2.45, 2.75) is 12.3 Å². The van der Waals surface area contributed by atoms with Crippen molar-refractivity contribution < 1.29 is 4.79 Å². The second-order valence-corrected chi connectivity index (χ2v) is 4.69. The van der Waals surface area contributed by atoms with E-state index in [1.54, 1.807) is 18.3 Å². The molecule has 72 valence electrons. The number of hydrogen-bond donors (Lipinski definition) is 0. The van der Waals surface area contributed by atoms with Gasteiger partial charge in [0.2, 0.25) is 0 Å². The predicted molar refractivity (Wildman–Crippen MR) is 61.5 cm³/mol. The Bertz CT molecular complexity index is 473. The molecule has 1 unspecified atom stereocenters. The topological polar surface area (TPSA) is 17.1 Å². The van der Waals surface area contributed by atoms with Crippen molar-refractivity contribution in [3.8, 4) is 0 Å². The number of alkyl halides is 1. The normalized spacial score (nSPS) is 13.0. The van der Waals surface area contributed by atoms with E-state index in [1.165, 1.54) is 0 Å². The van der Waals surface area contributed by atoms with Crippen molar-refractivity contribution in [2.75, 3.05) is 0 Å². The predicted octanol–water partition coefficient (Wildman–Crippen LogP) is 3.71. The van der Waals surface area contributed by atoms with Crippen molar-refractivity contribution in [3.05, 3.63) is 35.2 Å². The van der Waals surface area contributed by atoms with Crippen LogP contribution in [0.1, 0.15) is 17.3 Å². The molecule has 1 heterocycles. The number of Topliss-reactive ketones (excluding diaryl/α,β-unsaturated/α-hetero) is 1. The van der Waals surface area contributed by atoms with Gasteiger partial charge in [0, 0.05) is 21.0 Å². The Morgan fingerprint density at radius 2 is 2.14 bits per heavy atom. The molecule has 0 radical (unpaired) electrons. The second-order valence-electron chi connectivity index (χ2n) is 3.13. The van der Waals surface area contributed by atoms with Gasteiger partial charge < -0.3 is 0 Å². The molecule has 1 aromatic carbocycles. The maximum absolute atomic E-state index is 11.7. The highest BCUT2D eigenvalue weighted by Gasteiger charge is 2.16. The van der Waals surface area contributed by atoms with Crippen molar-refractivity contribution >= 4 is 38.8 Å². The number of fused-ring (bicyclic) bond motifs is 1. The van der Waals surface area contributed by atoms with Crippen molar-refractivity contribution in [2.24, 2.45) is 0 Å². The van der Waals surface area contributed by atoms with E-state index in [2.05, 4.69) is 0 Å². The van der Waals surface area contributed by atoms with E-state index in [0.717, 1.165) is 15.6 Å². The van der Waals surface area contributed by atoms with Gasteiger partial charge in [-0.3, -0.25) is 4.79 Å². The van der Waals surface area contributed by atoms with Crippen LogP contribution in [-0.2, 0) is 0 Å². The Morgan fingerprint density at radius 1 is 1.43 bits per heavy atom. The summed E-state index contributed by atoms with van der Waals surface area (Å²) in [5.41, 5.74) is 0.744. The number of ketones is 1. The van der Waals surface area contributed by atoms with Crippen LogP contribution in [-0.4, -0.2) is 11.2 Å². The van der Waals surface area contributed by atoms with Crippen LogP contribution in [0.25, 0.3) is 10.1 Å². The monoisotopic (exact) mass is 224 g/mol. The van der Waals surface area contributed by atoms with Gasteiger partial charge in [-0.25, -0.2) is 0 Å². The summed E-state index contributed by atoms with van der Waals surface area (Å²) in [5.74, 6) is 0.00381. The molecule has 0 saturated carbocycles. The summed E-state index contributed by atoms with van der Waals surface area (Å²) >= 11 is 7.36. The van der Waals surface area contributed by atoms with E-state index in [0.29, 0.717) is 0 Å². The third-order valence-electron chi connectivity index (χ3n) is 2.11. The molecule has 14 heavy (non-hydrogen) atoms. The van der Waals surface area contributed by atoms with Gasteiger partial charge in [-0.1, -0.05) is 18.2 Å². The maximum atomic E-state index is 11.7. The van der Waals surface area contributed by atoms with Gasteiger partial charge >= 0.3 is 0 Å². The fourth-order valence-electron chi connectivity index (χ4n) is 1.38. The Hall–Kier alpha value is -0.860. The SMILES string of the molecule is CC(Cl)C(=O)c1csc2ccccc12. The summed E-state index contributed by atoms with van der Waals surface area (Å²) < 4.78 is 1.13. The van der Waals surface area contributed by atoms with Crippen LogP contribution in [0.2, 0.25) is 0 Å². The zero-order valence-electron chi connectivity index (χ0n) is 7.66. The third kappa shape index (κ3) is 1.56. The lowest BCUT2D eigenvalue weighted by Gasteiger charge is -1.99. The van der Waals surface area contributed by atoms with Crippen LogP contribution >= 0.6 is 22.9 Å². The number of rotatable bonds is 2. The molecule has 2 rings (SSSR count). The molecule has 0 saturated heterocycles. The highest BCUT2D eigenvalue weighted by atomic mass is 35.5. The molecule has 1 atom stereocenters.